The van der Waals surface area contributed by atoms with Crippen LogP contribution in [-0.4, -0.2) is 77.9 Å². The molecule has 0 spiro atoms. The Balaban J connectivity index is 1.14. The van der Waals surface area contributed by atoms with Gasteiger partial charge in [-0.2, -0.15) is 0 Å². The van der Waals surface area contributed by atoms with Gasteiger partial charge in [-0.25, -0.2) is 0 Å². The number of amides is 2. The Bertz CT molecular complexity index is 1050. The number of allylic oxidation sites excluding steroid dienone is 1. The van der Waals surface area contributed by atoms with Crippen molar-refractivity contribution in [3.63, 3.8) is 0 Å². The van der Waals surface area contributed by atoms with E-state index in [0.717, 1.165) is 43.0 Å². The fourth-order valence-corrected chi connectivity index (χ4v) is 6.44. The van der Waals surface area contributed by atoms with Crippen LogP contribution in [0.25, 0.3) is 0 Å². The second-order valence-electron chi connectivity index (χ2n) is 9.34. The van der Waals surface area contributed by atoms with Gasteiger partial charge in [0.1, 0.15) is 17.0 Å². The zero-order chi connectivity index (χ0) is 23.8. The number of rotatable bonds is 6. The Morgan fingerprint density at radius 1 is 1.15 bits per heavy atom. The topological polar surface area (TPSA) is 91.3 Å². The van der Waals surface area contributed by atoms with Crippen molar-refractivity contribution in [2.75, 3.05) is 33.3 Å². The summed E-state index contributed by atoms with van der Waals surface area (Å²) in [6.07, 6.45) is 4.23. The van der Waals surface area contributed by atoms with Crippen LogP contribution in [0.4, 0.5) is 0 Å². The molecule has 1 aromatic rings. The van der Waals surface area contributed by atoms with Crippen LogP contribution in [0.2, 0.25) is 0 Å². The summed E-state index contributed by atoms with van der Waals surface area (Å²) in [5.74, 6) is 1.32. The minimum Gasteiger partial charge on any atom is -0.497 e. The molecule has 180 valence electrons. The lowest BCUT2D eigenvalue weighted by Gasteiger charge is -2.34. The molecule has 4 aliphatic heterocycles. The molecule has 0 aliphatic carbocycles. The van der Waals surface area contributed by atoms with E-state index in [1.807, 2.05) is 37.3 Å². The fraction of sp³-hybridized carbons (Fsp3) is 0.520. The highest BCUT2D eigenvalue weighted by atomic mass is 32.2. The molecular weight excluding hydrogens is 452 g/mol. The van der Waals surface area contributed by atoms with Gasteiger partial charge in [-0.3, -0.25) is 24.3 Å². The number of carbonyl (C=O) groups excluding carboxylic acids is 3. The van der Waals surface area contributed by atoms with Crippen LogP contribution >= 0.6 is 11.8 Å². The lowest BCUT2D eigenvalue weighted by Crippen LogP contribution is -2.50. The van der Waals surface area contributed by atoms with Crippen LogP contribution in [0, 0.1) is 11.8 Å². The number of nitrogens with one attached hydrogen (secondary N) is 1. The normalized spacial score (nSPS) is 27.8. The number of ether oxygens (including phenoxy) is 1. The number of Topliss-reactive ketones (excluding diaryl/α,β-unsaturated/α-hetero) is 1. The van der Waals surface area contributed by atoms with Crippen LogP contribution in [0.5, 0.6) is 5.75 Å². The van der Waals surface area contributed by atoms with E-state index in [1.165, 1.54) is 0 Å². The summed E-state index contributed by atoms with van der Waals surface area (Å²) in [6, 6.07) is 7.12. The maximum atomic E-state index is 13.2. The van der Waals surface area contributed by atoms with E-state index >= 15 is 0 Å². The van der Waals surface area contributed by atoms with Crippen LogP contribution in [0.3, 0.4) is 0 Å². The van der Waals surface area contributed by atoms with Crippen LogP contribution < -0.4 is 10.1 Å². The Hall–Kier alpha value is -2.65. The van der Waals surface area contributed by atoms with Gasteiger partial charge in [0.05, 0.1) is 25.6 Å². The van der Waals surface area contributed by atoms with Crippen LogP contribution in [0.1, 0.15) is 36.5 Å². The number of piperidine rings is 1. The molecule has 9 heteroatoms. The van der Waals surface area contributed by atoms with E-state index in [-0.39, 0.29) is 40.8 Å². The SMILES string of the molecule is COc1ccc(C(=O)C2CCN(C3CCN(CC4=NC5SC(C)=CC5C(=O)N4)C3=O)CC2)cc1. The van der Waals surface area contributed by atoms with Crippen molar-refractivity contribution in [3.05, 3.63) is 40.8 Å². The Morgan fingerprint density at radius 2 is 1.88 bits per heavy atom. The number of fused-ring (bicyclic) bond motifs is 1. The lowest BCUT2D eigenvalue weighted by molar-refractivity contribution is -0.132. The molecule has 3 atom stereocenters. The second-order valence-corrected chi connectivity index (χ2v) is 10.7. The third kappa shape index (κ3) is 4.51. The highest BCUT2D eigenvalue weighted by Crippen LogP contribution is 2.38. The molecule has 1 N–H and O–H groups in total. The molecule has 2 fully saturated rings. The monoisotopic (exact) mass is 482 g/mol. The number of thioether (sulfide) groups is 1. The first-order valence-corrected chi connectivity index (χ1v) is 12.7. The minimum absolute atomic E-state index is 0.0158. The number of carbonyl (C=O) groups is 3. The largest absolute Gasteiger partial charge is 0.497 e. The summed E-state index contributed by atoms with van der Waals surface area (Å²) in [5.41, 5.74) is 0.714. The first-order chi connectivity index (χ1) is 16.4. The molecule has 0 radical (unpaired) electrons. The number of benzene rings is 1. The average molecular weight is 483 g/mol. The predicted octanol–water partition coefficient (Wildman–Crippen LogP) is 2.31. The number of hydrogen-bond acceptors (Lipinski definition) is 7. The zero-order valence-corrected chi connectivity index (χ0v) is 20.3. The molecule has 2 amide bonds. The Labute approximate surface area is 203 Å². The van der Waals surface area contributed by atoms with Crippen molar-refractivity contribution in [3.8, 4) is 5.75 Å². The van der Waals surface area contributed by atoms with Crippen molar-refractivity contribution in [2.45, 2.75) is 37.6 Å². The fourth-order valence-electron chi connectivity index (χ4n) is 5.31. The molecule has 0 bridgehead atoms. The van der Waals surface area contributed by atoms with E-state index in [4.69, 9.17) is 9.73 Å². The van der Waals surface area contributed by atoms with Crippen LogP contribution in [-0.2, 0) is 9.59 Å². The van der Waals surface area contributed by atoms with Crippen molar-refractivity contribution in [2.24, 2.45) is 16.8 Å². The molecule has 2 saturated heterocycles. The standard InChI is InChI=1S/C25H30N4O4S/c1-15-13-19-23(31)26-21(27-24(19)34-15)14-29-12-9-20(25(29)32)28-10-7-17(8-11-28)22(30)16-3-5-18(33-2)6-4-16/h3-6,13,17,19-20,24H,7-12,14H2,1-2H3,(H,26,27,31). The molecule has 0 saturated carbocycles. The summed E-state index contributed by atoms with van der Waals surface area (Å²) in [6.45, 7) is 4.46. The van der Waals surface area contributed by atoms with Gasteiger partial charge >= 0.3 is 0 Å². The summed E-state index contributed by atoms with van der Waals surface area (Å²) < 4.78 is 5.17. The third-order valence-electron chi connectivity index (χ3n) is 7.21. The van der Waals surface area contributed by atoms with E-state index < -0.39 is 0 Å². The molecule has 4 aliphatic rings. The third-order valence-corrected chi connectivity index (χ3v) is 8.35. The maximum absolute atomic E-state index is 13.2. The number of likely N-dealkylation sites (tertiary alicyclic amines) is 2. The summed E-state index contributed by atoms with van der Waals surface area (Å²) in [4.78, 5) is 48.3. The van der Waals surface area contributed by atoms with E-state index in [1.54, 1.807) is 23.8 Å². The molecule has 4 heterocycles. The molecule has 8 nitrogen and oxygen atoms in total. The van der Waals surface area contributed by atoms with Gasteiger partial charge < -0.3 is 15.0 Å². The van der Waals surface area contributed by atoms with Gasteiger partial charge in [-0.1, -0.05) is 6.08 Å². The quantitative estimate of drug-likeness (QED) is 0.626. The first kappa shape index (κ1) is 23.1. The van der Waals surface area contributed by atoms with E-state index in [2.05, 4.69) is 10.2 Å². The number of amidine groups is 1. The summed E-state index contributed by atoms with van der Waals surface area (Å²) in [7, 11) is 1.61. The molecule has 1 aromatic carbocycles. The number of hydrogen-bond donors (Lipinski definition) is 1. The summed E-state index contributed by atoms with van der Waals surface area (Å²) >= 11 is 1.61. The highest BCUT2D eigenvalue weighted by Gasteiger charge is 2.41. The van der Waals surface area contributed by atoms with E-state index in [0.29, 0.717) is 24.5 Å². The van der Waals surface area contributed by atoms with Gasteiger partial charge in [0, 0.05) is 18.0 Å². The molecular formula is C25H30N4O4S. The number of methoxy groups -OCH3 is 1. The number of ketones is 1. The minimum atomic E-state index is -0.210. The van der Waals surface area contributed by atoms with Gasteiger partial charge in [-0.05, 0) is 68.4 Å². The molecule has 0 aromatic heterocycles. The van der Waals surface area contributed by atoms with E-state index in [9.17, 15) is 14.4 Å². The number of aliphatic imine (C=N–C) groups is 1. The van der Waals surface area contributed by atoms with Gasteiger partial charge in [0.2, 0.25) is 11.8 Å². The predicted molar refractivity (Wildman–Crippen MR) is 131 cm³/mol. The summed E-state index contributed by atoms with van der Waals surface area (Å²) in [5, 5.41) is 2.78. The van der Waals surface area contributed by atoms with Crippen molar-refractivity contribution < 1.29 is 19.1 Å². The smallest absolute Gasteiger partial charge is 0.240 e. The molecule has 34 heavy (non-hydrogen) atoms. The zero-order valence-electron chi connectivity index (χ0n) is 19.5. The second kappa shape index (κ2) is 9.54. The van der Waals surface area contributed by atoms with Gasteiger partial charge in [0.15, 0.2) is 5.78 Å². The number of nitrogens with zero attached hydrogens (tertiary/aromatic N) is 3. The maximum Gasteiger partial charge on any atom is 0.240 e. The molecule has 5 rings (SSSR count). The van der Waals surface area contributed by atoms with Gasteiger partial charge in [-0.15, -0.1) is 11.8 Å². The van der Waals surface area contributed by atoms with Crippen LogP contribution in [0.15, 0.2) is 40.2 Å². The van der Waals surface area contributed by atoms with Gasteiger partial charge in [0.25, 0.3) is 0 Å². The Kier molecular flexibility index (Phi) is 6.48. The highest BCUT2D eigenvalue weighted by molar-refractivity contribution is 8.03. The van der Waals surface area contributed by atoms with Crippen molar-refractivity contribution in [1.82, 2.24) is 15.1 Å². The first-order valence-electron chi connectivity index (χ1n) is 11.9. The van der Waals surface area contributed by atoms with Crippen molar-refractivity contribution in [1.29, 1.82) is 0 Å². The van der Waals surface area contributed by atoms with Crippen molar-refractivity contribution >= 4 is 35.2 Å². The molecule has 3 unspecified atom stereocenters. The average Bonchev–Trinajstić information content (AvgIpc) is 3.41. The Morgan fingerprint density at radius 3 is 2.59 bits per heavy atom. The lowest BCUT2D eigenvalue weighted by atomic mass is 9.88.